The van der Waals surface area contributed by atoms with Crippen molar-refractivity contribution in [3.8, 4) is 0 Å². The summed E-state index contributed by atoms with van der Waals surface area (Å²) in [7, 11) is 0. The molecule has 4 nitrogen and oxygen atoms in total. The Kier molecular flexibility index (Phi) is 7.79. The quantitative estimate of drug-likeness (QED) is 0.663. The number of ether oxygens (including phenoxy) is 2. The summed E-state index contributed by atoms with van der Waals surface area (Å²) in [4.78, 5) is 0. The highest BCUT2D eigenvalue weighted by Crippen LogP contribution is 2.11. The lowest BCUT2D eigenvalue weighted by atomic mass is 10.2. The molecule has 1 N–H and O–H groups in total. The molecule has 0 fully saturated rings. The largest absolute Gasteiger partial charge is 0.467 e. The zero-order valence-electron chi connectivity index (χ0n) is 12.6. The summed E-state index contributed by atoms with van der Waals surface area (Å²) >= 11 is 0. The third-order valence-corrected chi connectivity index (χ3v) is 2.62. The van der Waals surface area contributed by atoms with Crippen LogP contribution >= 0.6 is 0 Å². The highest BCUT2D eigenvalue weighted by atomic mass is 16.5. The van der Waals surface area contributed by atoms with E-state index in [4.69, 9.17) is 13.9 Å². The van der Waals surface area contributed by atoms with E-state index >= 15 is 0 Å². The van der Waals surface area contributed by atoms with Crippen molar-refractivity contribution >= 4 is 0 Å². The molecular weight excluding hydrogens is 242 g/mol. The van der Waals surface area contributed by atoms with E-state index in [1.165, 1.54) is 5.56 Å². The lowest BCUT2D eigenvalue weighted by molar-refractivity contribution is 0.0101. The molecule has 0 saturated heterocycles. The molecule has 0 bridgehead atoms. The average molecular weight is 269 g/mol. The van der Waals surface area contributed by atoms with Crippen molar-refractivity contribution in [3.05, 3.63) is 23.7 Å². The Labute approximate surface area is 116 Å². The minimum Gasteiger partial charge on any atom is -0.467 e. The van der Waals surface area contributed by atoms with Gasteiger partial charge in [-0.25, -0.2) is 0 Å². The molecule has 1 aromatic rings. The Morgan fingerprint density at radius 3 is 2.68 bits per heavy atom. The van der Waals surface area contributed by atoms with Crippen LogP contribution in [0.2, 0.25) is 0 Å². The van der Waals surface area contributed by atoms with Crippen LogP contribution in [0.15, 0.2) is 16.7 Å². The molecule has 0 saturated carbocycles. The van der Waals surface area contributed by atoms with Crippen molar-refractivity contribution in [2.24, 2.45) is 5.92 Å². The molecule has 0 aliphatic rings. The minimum atomic E-state index is 0.253. The lowest BCUT2D eigenvalue weighted by Crippen LogP contribution is -2.19. The molecule has 110 valence electrons. The molecule has 1 rings (SSSR count). The van der Waals surface area contributed by atoms with Gasteiger partial charge in [0.15, 0.2) is 0 Å². The van der Waals surface area contributed by atoms with Gasteiger partial charge in [0.1, 0.15) is 12.4 Å². The van der Waals surface area contributed by atoms with E-state index in [-0.39, 0.29) is 6.10 Å². The molecule has 1 heterocycles. The molecule has 0 radical (unpaired) electrons. The van der Waals surface area contributed by atoms with Gasteiger partial charge in [-0.05, 0) is 32.4 Å². The van der Waals surface area contributed by atoms with Crippen LogP contribution in [0.4, 0.5) is 0 Å². The third kappa shape index (κ3) is 7.35. The average Bonchev–Trinajstić information content (AvgIpc) is 2.75. The fourth-order valence-corrected chi connectivity index (χ4v) is 1.65. The van der Waals surface area contributed by atoms with Gasteiger partial charge in [0.2, 0.25) is 0 Å². The van der Waals surface area contributed by atoms with Crippen molar-refractivity contribution < 1.29 is 13.9 Å². The van der Waals surface area contributed by atoms with Gasteiger partial charge >= 0.3 is 0 Å². The Morgan fingerprint density at radius 2 is 2.00 bits per heavy atom. The van der Waals surface area contributed by atoms with Crippen LogP contribution in [0.25, 0.3) is 0 Å². The normalized spacial score (nSPS) is 11.7. The van der Waals surface area contributed by atoms with Gasteiger partial charge in [-0.2, -0.15) is 0 Å². The molecule has 0 aromatic carbocycles. The first-order chi connectivity index (χ1) is 9.09. The number of rotatable bonds is 10. The highest BCUT2D eigenvalue weighted by molar-refractivity contribution is 5.16. The van der Waals surface area contributed by atoms with E-state index in [1.54, 1.807) is 6.26 Å². The smallest absolute Gasteiger partial charge is 0.133 e. The number of nitrogens with one attached hydrogen (secondary N) is 1. The second-order valence-electron chi connectivity index (χ2n) is 5.37. The maximum absolute atomic E-state index is 5.55. The maximum atomic E-state index is 5.55. The summed E-state index contributed by atoms with van der Waals surface area (Å²) < 4.78 is 16.4. The molecule has 0 atom stereocenters. The van der Waals surface area contributed by atoms with E-state index in [9.17, 15) is 0 Å². The van der Waals surface area contributed by atoms with Crippen molar-refractivity contribution in [2.75, 3.05) is 19.8 Å². The summed E-state index contributed by atoms with van der Waals surface area (Å²) in [6.07, 6.45) is 1.97. The maximum Gasteiger partial charge on any atom is 0.133 e. The first-order valence-electron chi connectivity index (χ1n) is 7.05. The Balaban J connectivity index is 2.21. The summed E-state index contributed by atoms with van der Waals surface area (Å²) in [5.74, 6) is 1.56. The van der Waals surface area contributed by atoms with Crippen LogP contribution in [0.5, 0.6) is 0 Å². The van der Waals surface area contributed by atoms with Gasteiger partial charge in [0.25, 0.3) is 0 Å². The van der Waals surface area contributed by atoms with E-state index in [0.717, 1.165) is 18.8 Å². The molecule has 0 aliphatic carbocycles. The second kappa shape index (κ2) is 9.13. The third-order valence-electron chi connectivity index (χ3n) is 2.62. The molecule has 0 aliphatic heterocycles. The molecule has 0 amide bonds. The van der Waals surface area contributed by atoms with Crippen LogP contribution in [0.3, 0.4) is 0 Å². The summed E-state index contributed by atoms with van der Waals surface area (Å²) in [5.41, 5.74) is 1.17. The first kappa shape index (κ1) is 16.2. The van der Waals surface area contributed by atoms with E-state index < -0.39 is 0 Å². The van der Waals surface area contributed by atoms with E-state index in [0.29, 0.717) is 25.7 Å². The summed E-state index contributed by atoms with van der Waals surface area (Å²) in [5, 5.41) is 3.40. The van der Waals surface area contributed by atoms with Crippen LogP contribution in [-0.4, -0.2) is 25.9 Å². The number of hydrogen-bond donors (Lipinski definition) is 1. The van der Waals surface area contributed by atoms with Crippen molar-refractivity contribution in [1.29, 1.82) is 0 Å². The second-order valence-corrected chi connectivity index (χ2v) is 5.37. The predicted molar refractivity (Wildman–Crippen MR) is 76.0 cm³/mol. The zero-order valence-corrected chi connectivity index (χ0v) is 12.6. The van der Waals surface area contributed by atoms with Gasteiger partial charge in [-0.3, -0.25) is 0 Å². The monoisotopic (exact) mass is 269 g/mol. The Bertz CT molecular complexity index is 334. The summed E-state index contributed by atoms with van der Waals surface area (Å²) in [6.45, 7) is 12.0. The van der Waals surface area contributed by atoms with Gasteiger partial charge in [0.05, 0.1) is 25.6 Å². The molecule has 4 heteroatoms. The van der Waals surface area contributed by atoms with Crippen LogP contribution in [0, 0.1) is 5.92 Å². The lowest BCUT2D eigenvalue weighted by Gasteiger charge is -2.09. The Hall–Kier alpha value is -0.840. The molecule has 0 spiro atoms. The molecule has 0 unspecified atom stereocenters. The van der Waals surface area contributed by atoms with Gasteiger partial charge in [-0.15, -0.1) is 0 Å². The number of hydrogen-bond acceptors (Lipinski definition) is 4. The van der Waals surface area contributed by atoms with Gasteiger partial charge in [-0.1, -0.05) is 13.8 Å². The van der Waals surface area contributed by atoms with Crippen molar-refractivity contribution in [1.82, 2.24) is 5.32 Å². The van der Waals surface area contributed by atoms with Crippen molar-refractivity contribution in [2.45, 2.75) is 47.0 Å². The number of furan rings is 1. The zero-order chi connectivity index (χ0) is 14.1. The highest BCUT2D eigenvalue weighted by Gasteiger charge is 2.06. The SMILES string of the molecule is CC(C)CNCc1ccoc1COCCOC(C)C. The van der Waals surface area contributed by atoms with Crippen LogP contribution in [-0.2, 0) is 22.6 Å². The topological polar surface area (TPSA) is 43.6 Å². The minimum absolute atomic E-state index is 0.253. The summed E-state index contributed by atoms with van der Waals surface area (Å²) in [6, 6.07) is 2.00. The molecular formula is C15H27NO3. The molecule has 19 heavy (non-hydrogen) atoms. The first-order valence-corrected chi connectivity index (χ1v) is 7.05. The fourth-order valence-electron chi connectivity index (χ4n) is 1.65. The standard InChI is InChI=1S/C15H27NO3/c1-12(2)9-16-10-14-5-6-19-15(14)11-17-7-8-18-13(3)4/h5-6,12-13,16H,7-11H2,1-4H3. The van der Waals surface area contributed by atoms with E-state index in [2.05, 4.69) is 19.2 Å². The predicted octanol–water partition coefficient (Wildman–Crippen LogP) is 2.97. The van der Waals surface area contributed by atoms with E-state index in [1.807, 2.05) is 19.9 Å². The van der Waals surface area contributed by atoms with Gasteiger partial charge in [0, 0.05) is 12.1 Å². The van der Waals surface area contributed by atoms with Gasteiger partial charge < -0.3 is 19.2 Å². The van der Waals surface area contributed by atoms with Crippen LogP contribution in [0.1, 0.15) is 39.0 Å². The molecule has 1 aromatic heterocycles. The van der Waals surface area contributed by atoms with Crippen molar-refractivity contribution in [3.63, 3.8) is 0 Å². The Morgan fingerprint density at radius 1 is 1.21 bits per heavy atom. The fraction of sp³-hybridized carbons (Fsp3) is 0.733. The van der Waals surface area contributed by atoms with Crippen LogP contribution < -0.4 is 5.32 Å².